The van der Waals surface area contributed by atoms with Gasteiger partial charge in [0.1, 0.15) is 6.10 Å². The summed E-state index contributed by atoms with van der Waals surface area (Å²) in [6.07, 6.45) is 1.35. The summed E-state index contributed by atoms with van der Waals surface area (Å²) in [4.78, 5) is 0.884. The van der Waals surface area contributed by atoms with Crippen molar-refractivity contribution in [3.05, 3.63) is 33.0 Å². The Balaban J connectivity index is 2.25. The minimum atomic E-state index is -0.558. The summed E-state index contributed by atoms with van der Waals surface area (Å²) in [7, 11) is 0. The lowest BCUT2D eigenvalue weighted by Crippen LogP contribution is -1.99. The van der Waals surface area contributed by atoms with E-state index in [1.165, 1.54) is 11.5 Å². The number of aliphatic hydroxyl groups is 1. The summed E-state index contributed by atoms with van der Waals surface area (Å²) >= 11 is 2.88. The molecule has 2 rings (SSSR count). The second-order valence-electron chi connectivity index (χ2n) is 3.29. The molecule has 0 aromatic carbocycles. The number of rotatable bonds is 4. The van der Waals surface area contributed by atoms with Crippen LogP contribution in [0.1, 0.15) is 35.6 Å². The quantitative estimate of drug-likeness (QED) is 0.893. The molecule has 2 heterocycles. The van der Waals surface area contributed by atoms with Crippen molar-refractivity contribution >= 4 is 22.9 Å². The first-order valence-corrected chi connectivity index (χ1v) is 6.55. The molecule has 80 valence electrons. The second-order valence-corrected chi connectivity index (χ2v) is 4.86. The van der Waals surface area contributed by atoms with Gasteiger partial charge in [0.15, 0.2) is 0 Å². The van der Waals surface area contributed by atoms with Crippen molar-refractivity contribution in [1.29, 1.82) is 0 Å². The van der Waals surface area contributed by atoms with Crippen LogP contribution in [0.4, 0.5) is 0 Å². The third-order valence-electron chi connectivity index (χ3n) is 2.18. The maximum atomic E-state index is 10.1. The van der Waals surface area contributed by atoms with Crippen LogP contribution in [-0.2, 0) is 6.42 Å². The maximum absolute atomic E-state index is 10.1. The van der Waals surface area contributed by atoms with Crippen molar-refractivity contribution < 1.29 is 5.11 Å². The van der Waals surface area contributed by atoms with Gasteiger partial charge in [0.2, 0.25) is 0 Å². The minimum Gasteiger partial charge on any atom is -0.383 e. The molecule has 0 saturated carbocycles. The fourth-order valence-corrected chi connectivity index (χ4v) is 2.81. The molecule has 0 aliphatic rings. The SMILES string of the molecule is CCCc1nnsc1C(O)c1ccsc1. The Morgan fingerprint density at radius 3 is 3.07 bits per heavy atom. The predicted octanol–water partition coefficient (Wildman–Crippen LogP) is 2.63. The van der Waals surface area contributed by atoms with Crippen LogP contribution in [0.15, 0.2) is 16.8 Å². The molecular weight excluding hydrogens is 228 g/mol. The van der Waals surface area contributed by atoms with Gasteiger partial charge in [-0.3, -0.25) is 0 Å². The smallest absolute Gasteiger partial charge is 0.117 e. The van der Waals surface area contributed by atoms with Crippen LogP contribution in [0.2, 0.25) is 0 Å². The Morgan fingerprint density at radius 2 is 2.40 bits per heavy atom. The third kappa shape index (κ3) is 2.25. The van der Waals surface area contributed by atoms with Gasteiger partial charge < -0.3 is 5.11 Å². The molecule has 2 aromatic heterocycles. The van der Waals surface area contributed by atoms with E-state index in [1.54, 1.807) is 11.3 Å². The lowest BCUT2D eigenvalue weighted by atomic mass is 10.1. The molecule has 0 fully saturated rings. The number of nitrogens with zero attached hydrogens (tertiary/aromatic N) is 2. The number of aromatic nitrogens is 2. The van der Waals surface area contributed by atoms with Crippen LogP contribution < -0.4 is 0 Å². The highest BCUT2D eigenvalue weighted by atomic mass is 32.1. The second kappa shape index (κ2) is 4.83. The number of aliphatic hydroxyl groups excluding tert-OH is 1. The first-order chi connectivity index (χ1) is 7.33. The highest BCUT2D eigenvalue weighted by molar-refractivity contribution is 7.08. The van der Waals surface area contributed by atoms with Crippen molar-refractivity contribution in [1.82, 2.24) is 9.59 Å². The zero-order valence-electron chi connectivity index (χ0n) is 8.38. The van der Waals surface area contributed by atoms with Gasteiger partial charge in [-0.05, 0) is 40.3 Å². The molecule has 5 heteroatoms. The summed E-state index contributed by atoms with van der Waals surface area (Å²) in [5.74, 6) is 0. The van der Waals surface area contributed by atoms with Crippen molar-refractivity contribution in [3.63, 3.8) is 0 Å². The van der Waals surface area contributed by atoms with E-state index in [0.29, 0.717) is 0 Å². The van der Waals surface area contributed by atoms with E-state index in [4.69, 9.17) is 0 Å². The molecule has 0 aliphatic heterocycles. The molecule has 1 N–H and O–H groups in total. The van der Waals surface area contributed by atoms with E-state index >= 15 is 0 Å². The van der Waals surface area contributed by atoms with E-state index in [2.05, 4.69) is 16.5 Å². The number of hydrogen-bond acceptors (Lipinski definition) is 5. The summed E-state index contributed by atoms with van der Waals surface area (Å²) in [5, 5.41) is 18.1. The number of thiophene rings is 1. The van der Waals surface area contributed by atoms with Crippen molar-refractivity contribution in [2.45, 2.75) is 25.9 Å². The first kappa shape index (κ1) is 10.7. The fraction of sp³-hybridized carbons (Fsp3) is 0.400. The zero-order valence-corrected chi connectivity index (χ0v) is 10.0. The van der Waals surface area contributed by atoms with Gasteiger partial charge in [0.25, 0.3) is 0 Å². The van der Waals surface area contributed by atoms with Crippen LogP contribution >= 0.6 is 22.9 Å². The molecule has 0 saturated heterocycles. The molecule has 1 atom stereocenters. The molecule has 0 radical (unpaired) electrons. The summed E-state index contributed by atoms with van der Waals surface area (Å²) in [6, 6.07) is 1.94. The van der Waals surface area contributed by atoms with Gasteiger partial charge in [0.05, 0.1) is 10.6 Å². The summed E-state index contributed by atoms with van der Waals surface area (Å²) < 4.78 is 3.91. The first-order valence-electron chi connectivity index (χ1n) is 4.84. The molecule has 15 heavy (non-hydrogen) atoms. The average molecular weight is 240 g/mol. The molecule has 3 nitrogen and oxygen atoms in total. The lowest BCUT2D eigenvalue weighted by Gasteiger charge is -2.06. The molecule has 0 spiro atoms. The van der Waals surface area contributed by atoms with E-state index < -0.39 is 6.10 Å². The number of aryl methyl sites for hydroxylation is 1. The molecule has 2 aromatic rings. The topological polar surface area (TPSA) is 46.0 Å². The highest BCUT2D eigenvalue weighted by Crippen LogP contribution is 2.28. The van der Waals surface area contributed by atoms with Crippen LogP contribution in [0.25, 0.3) is 0 Å². The van der Waals surface area contributed by atoms with Crippen molar-refractivity contribution in [2.75, 3.05) is 0 Å². The monoisotopic (exact) mass is 240 g/mol. The summed E-state index contributed by atoms with van der Waals surface area (Å²) in [6.45, 7) is 2.10. The van der Waals surface area contributed by atoms with E-state index in [9.17, 15) is 5.11 Å². The van der Waals surface area contributed by atoms with E-state index in [0.717, 1.165) is 29.0 Å². The molecule has 0 aliphatic carbocycles. The Kier molecular flexibility index (Phi) is 3.45. The Bertz CT molecular complexity index is 411. The van der Waals surface area contributed by atoms with Gasteiger partial charge in [-0.1, -0.05) is 17.8 Å². The Morgan fingerprint density at radius 1 is 1.53 bits per heavy atom. The van der Waals surface area contributed by atoms with Gasteiger partial charge in [-0.25, -0.2) is 0 Å². The predicted molar refractivity (Wildman–Crippen MR) is 62.3 cm³/mol. The van der Waals surface area contributed by atoms with Crippen LogP contribution in [-0.4, -0.2) is 14.7 Å². The maximum Gasteiger partial charge on any atom is 0.117 e. The van der Waals surface area contributed by atoms with Gasteiger partial charge in [-0.2, -0.15) is 11.3 Å². The molecule has 0 bridgehead atoms. The zero-order chi connectivity index (χ0) is 10.7. The van der Waals surface area contributed by atoms with E-state index in [1.807, 2.05) is 16.8 Å². The van der Waals surface area contributed by atoms with E-state index in [-0.39, 0.29) is 0 Å². The number of hydrogen-bond donors (Lipinski definition) is 1. The molecule has 0 amide bonds. The third-order valence-corrected chi connectivity index (χ3v) is 3.70. The Labute approximate surface area is 96.6 Å². The standard InChI is InChI=1S/C10H12N2OS2/c1-2-3-8-10(15-12-11-8)9(13)7-4-5-14-6-7/h4-6,9,13H,2-3H2,1H3. The largest absolute Gasteiger partial charge is 0.383 e. The van der Waals surface area contributed by atoms with Crippen LogP contribution in [0, 0.1) is 0 Å². The van der Waals surface area contributed by atoms with Crippen molar-refractivity contribution in [2.24, 2.45) is 0 Å². The van der Waals surface area contributed by atoms with Crippen molar-refractivity contribution in [3.8, 4) is 0 Å². The van der Waals surface area contributed by atoms with Crippen LogP contribution in [0.5, 0.6) is 0 Å². The molecular formula is C10H12N2OS2. The Hall–Kier alpha value is -0.780. The van der Waals surface area contributed by atoms with Gasteiger partial charge in [-0.15, -0.1) is 5.10 Å². The van der Waals surface area contributed by atoms with Gasteiger partial charge >= 0.3 is 0 Å². The highest BCUT2D eigenvalue weighted by Gasteiger charge is 2.18. The summed E-state index contributed by atoms with van der Waals surface area (Å²) in [5.41, 5.74) is 1.87. The van der Waals surface area contributed by atoms with Crippen LogP contribution in [0.3, 0.4) is 0 Å². The van der Waals surface area contributed by atoms with Gasteiger partial charge in [0, 0.05) is 0 Å². The fourth-order valence-electron chi connectivity index (χ4n) is 1.42. The average Bonchev–Trinajstić information content (AvgIpc) is 2.87. The normalized spacial score (nSPS) is 12.9. The molecule has 1 unspecified atom stereocenters. The minimum absolute atomic E-state index is 0.558. The lowest BCUT2D eigenvalue weighted by molar-refractivity contribution is 0.223.